The monoisotopic (exact) mass is 326 g/mol. The molecular weight excluding hydrogens is 304 g/mol. The standard InChI is InChI=1S/C19H22N2O3/c1-23-17-9-2-3-10-18(17)24-13-12-21-11-5-7-14-15(19(20)22)6-4-8-16(14)21/h2-4,6,8-10H,5,7,11-13H2,1H3,(H2,20,22). The van der Waals surface area contributed by atoms with E-state index in [1.807, 2.05) is 36.4 Å². The summed E-state index contributed by atoms with van der Waals surface area (Å²) in [5, 5.41) is 0. The highest BCUT2D eigenvalue weighted by atomic mass is 16.5. The van der Waals surface area contributed by atoms with Crippen molar-refractivity contribution in [3.63, 3.8) is 0 Å². The summed E-state index contributed by atoms with van der Waals surface area (Å²) in [6.07, 6.45) is 1.89. The third-order valence-corrected chi connectivity index (χ3v) is 4.30. The van der Waals surface area contributed by atoms with Gasteiger partial charge in [0.05, 0.1) is 13.7 Å². The maximum Gasteiger partial charge on any atom is 0.249 e. The molecule has 5 heteroatoms. The zero-order chi connectivity index (χ0) is 16.9. The fourth-order valence-electron chi connectivity index (χ4n) is 3.17. The molecule has 0 saturated carbocycles. The van der Waals surface area contributed by atoms with Crippen molar-refractivity contribution in [2.45, 2.75) is 12.8 Å². The lowest BCUT2D eigenvalue weighted by atomic mass is 9.96. The van der Waals surface area contributed by atoms with Gasteiger partial charge in [-0.05, 0) is 42.7 Å². The molecule has 2 aromatic rings. The van der Waals surface area contributed by atoms with Crippen LogP contribution in [0.5, 0.6) is 11.5 Å². The van der Waals surface area contributed by atoms with E-state index in [0.717, 1.165) is 48.7 Å². The molecule has 0 aliphatic carbocycles. The van der Waals surface area contributed by atoms with Crippen LogP contribution in [-0.4, -0.2) is 32.7 Å². The number of hydrogen-bond acceptors (Lipinski definition) is 4. The molecule has 0 bridgehead atoms. The van der Waals surface area contributed by atoms with Crippen molar-refractivity contribution >= 4 is 11.6 Å². The van der Waals surface area contributed by atoms with E-state index < -0.39 is 0 Å². The molecule has 1 aliphatic heterocycles. The molecular formula is C19H22N2O3. The van der Waals surface area contributed by atoms with Gasteiger partial charge in [-0.25, -0.2) is 0 Å². The number of anilines is 1. The van der Waals surface area contributed by atoms with Crippen LogP contribution in [0.15, 0.2) is 42.5 Å². The molecule has 0 unspecified atom stereocenters. The molecule has 5 nitrogen and oxygen atoms in total. The molecule has 0 saturated heterocycles. The predicted molar refractivity (Wildman–Crippen MR) is 94.0 cm³/mol. The van der Waals surface area contributed by atoms with Crippen LogP contribution in [0.1, 0.15) is 22.3 Å². The van der Waals surface area contributed by atoms with Crippen molar-refractivity contribution in [3.8, 4) is 11.5 Å². The first-order valence-corrected chi connectivity index (χ1v) is 8.13. The topological polar surface area (TPSA) is 64.8 Å². The van der Waals surface area contributed by atoms with Crippen LogP contribution in [0.3, 0.4) is 0 Å². The molecule has 2 aromatic carbocycles. The Hall–Kier alpha value is -2.69. The van der Waals surface area contributed by atoms with E-state index >= 15 is 0 Å². The Morgan fingerprint density at radius 3 is 2.71 bits per heavy atom. The van der Waals surface area contributed by atoms with Crippen LogP contribution in [0.2, 0.25) is 0 Å². The van der Waals surface area contributed by atoms with Gasteiger partial charge in [0.25, 0.3) is 0 Å². The molecule has 0 aromatic heterocycles. The van der Waals surface area contributed by atoms with E-state index in [9.17, 15) is 4.79 Å². The van der Waals surface area contributed by atoms with Gasteiger partial charge >= 0.3 is 0 Å². The maximum atomic E-state index is 11.6. The number of primary amides is 1. The van der Waals surface area contributed by atoms with Crippen molar-refractivity contribution in [2.24, 2.45) is 5.73 Å². The SMILES string of the molecule is COc1ccccc1OCCN1CCCc2c(C(N)=O)cccc21. The molecule has 2 N–H and O–H groups in total. The fourth-order valence-corrected chi connectivity index (χ4v) is 3.17. The van der Waals surface area contributed by atoms with Gasteiger partial charge in [0.2, 0.25) is 5.91 Å². The van der Waals surface area contributed by atoms with E-state index in [-0.39, 0.29) is 5.91 Å². The first-order chi connectivity index (χ1) is 11.7. The van der Waals surface area contributed by atoms with Gasteiger partial charge in [-0.15, -0.1) is 0 Å². The number of benzene rings is 2. The number of hydrogen-bond donors (Lipinski definition) is 1. The zero-order valence-electron chi connectivity index (χ0n) is 13.8. The maximum absolute atomic E-state index is 11.6. The van der Waals surface area contributed by atoms with E-state index in [0.29, 0.717) is 12.2 Å². The van der Waals surface area contributed by atoms with E-state index in [4.69, 9.17) is 15.2 Å². The van der Waals surface area contributed by atoms with E-state index in [2.05, 4.69) is 4.90 Å². The summed E-state index contributed by atoms with van der Waals surface area (Å²) in [5.41, 5.74) is 8.26. The fraction of sp³-hybridized carbons (Fsp3) is 0.316. The number of ether oxygens (including phenoxy) is 2. The lowest BCUT2D eigenvalue weighted by molar-refractivity contribution is 0.0999. The molecule has 0 atom stereocenters. The molecule has 1 aliphatic rings. The number of carbonyl (C=O) groups excluding carboxylic acids is 1. The van der Waals surface area contributed by atoms with Gasteiger partial charge in [0.1, 0.15) is 6.61 Å². The number of amides is 1. The highest BCUT2D eigenvalue weighted by Crippen LogP contribution is 2.30. The number of para-hydroxylation sites is 2. The normalized spacial score (nSPS) is 13.3. The van der Waals surface area contributed by atoms with E-state index in [1.165, 1.54) is 0 Å². The Morgan fingerprint density at radius 1 is 1.17 bits per heavy atom. The molecule has 0 radical (unpaired) electrons. The zero-order valence-corrected chi connectivity index (χ0v) is 13.8. The number of fused-ring (bicyclic) bond motifs is 1. The highest BCUT2D eigenvalue weighted by Gasteiger charge is 2.21. The Balaban J connectivity index is 1.70. The summed E-state index contributed by atoms with van der Waals surface area (Å²) in [4.78, 5) is 13.9. The second kappa shape index (κ2) is 7.25. The summed E-state index contributed by atoms with van der Waals surface area (Å²) in [7, 11) is 1.63. The number of nitrogens with zero attached hydrogens (tertiary/aromatic N) is 1. The third kappa shape index (κ3) is 3.30. The molecule has 0 spiro atoms. The number of carbonyl (C=O) groups is 1. The molecule has 1 heterocycles. The predicted octanol–water partition coefficient (Wildman–Crippen LogP) is 2.63. The van der Waals surface area contributed by atoms with Crippen LogP contribution < -0.4 is 20.1 Å². The van der Waals surface area contributed by atoms with Gasteiger partial charge in [0, 0.05) is 17.8 Å². The Morgan fingerprint density at radius 2 is 1.96 bits per heavy atom. The third-order valence-electron chi connectivity index (χ3n) is 4.30. The average molecular weight is 326 g/mol. The lowest BCUT2D eigenvalue weighted by Crippen LogP contribution is -2.34. The second-order valence-corrected chi connectivity index (χ2v) is 5.76. The van der Waals surface area contributed by atoms with Crippen LogP contribution in [0.25, 0.3) is 0 Å². The van der Waals surface area contributed by atoms with Crippen molar-refractivity contribution in [1.29, 1.82) is 0 Å². The van der Waals surface area contributed by atoms with Crippen LogP contribution in [0.4, 0.5) is 5.69 Å². The molecule has 0 fully saturated rings. The first-order valence-electron chi connectivity index (χ1n) is 8.13. The molecule has 126 valence electrons. The van der Waals surface area contributed by atoms with Crippen molar-refractivity contribution in [1.82, 2.24) is 0 Å². The van der Waals surface area contributed by atoms with Crippen LogP contribution >= 0.6 is 0 Å². The van der Waals surface area contributed by atoms with Gasteiger partial charge in [-0.1, -0.05) is 18.2 Å². The second-order valence-electron chi connectivity index (χ2n) is 5.76. The van der Waals surface area contributed by atoms with Crippen LogP contribution in [-0.2, 0) is 6.42 Å². The summed E-state index contributed by atoms with van der Waals surface area (Å²) < 4.78 is 11.2. The van der Waals surface area contributed by atoms with Crippen molar-refractivity contribution in [2.75, 3.05) is 31.7 Å². The summed E-state index contributed by atoms with van der Waals surface area (Å²) in [6, 6.07) is 13.3. The molecule has 3 rings (SSSR count). The average Bonchev–Trinajstić information content (AvgIpc) is 2.61. The largest absolute Gasteiger partial charge is 0.493 e. The number of methoxy groups -OCH3 is 1. The van der Waals surface area contributed by atoms with Gasteiger partial charge in [-0.3, -0.25) is 4.79 Å². The minimum absolute atomic E-state index is 0.362. The minimum atomic E-state index is -0.362. The summed E-state index contributed by atoms with van der Waals surface area (Å²) in [6.45, 7) is 2.23. The number of rotatable bonds is 6. The van der Waals surface area contributed by atoms with Crippen LogP contribution in [0, 0.1) is 0 Å². The van der Waals surface area contributed by atoms with E-state index in [1.54, 1.807) is 13.2 Å². The minimum Gasteiger partial charge on any atom is -0.493 e. The number of nitrogens with two attached hydrogens (primary N) is 1. The molecule has 24 heavy (non-hydrogen) atoms. The van der Waals surface area contributed by atoms with Gasteiger partial charge in [-0.2, -0.15) is 0 Å². The van der Waals surface area contributed by atoms with Gasteiger partial charge in [0.15, 0.2) is 11.5 Å². The van der Waals surface area contributed by atoms with Crippen molar-refractivity contribution in [3.05, 3.63) is 53.6 Å². The van der Waals surface area contributed by atoms with Gasteiger partial charge < -0.3 is 20.1 Å². The first kappa shape index (κ1) is 16.2. The quantitative estimate of drug-likeness (QED) is 0.886. The molecule has 1 amide bonds. The smallest absolute Gasteiger partial charge is 0.249 e. The summed E-state index contributed by atoms with van der Waals surface area (Å²) >= 11 is 0. The Kier molecular flexibility index (Phi) is 4.89. The summed E-state index contributed by atoms with van der Waals surface area (Å²) in [5.74, 6) is 1.11. The Labute approximate surface area is 142 Å². The highest BCUT2D eigenvalue weighted by molar-refractivity contribution is 5.96. The Bertz CT molecular complexity index is 730. The van der Waals surface area contributed by atoms with Crippen molar-refractivity contribution < 1.29 is 14.3 Å². The lowest BCUT2D eigenvalue weighted by Gasteiger charge is -2.32.